The number of likely N-dealkylation sites (N-methyl/N-ethyl adjacent to an activating group) is 2. The molecule has 0 aliphatic carbocycles. The predicted octanol–water partition coefficient (Wildman–Crippen LogP) is 2.65. The standard InChI is InChI=1S/C13H28N3O2P/c1-11(2)17-19(8,18-13(3,4)5)14-12-15(6)9-10-16(12)7/h11H,8-10H2,1-7H3. The largest absolute Gasteiger partial charge is 0.344 e. The molecule has 1 aliphatic rings. The first-order valence-electron chi connectivity index (χ1n) is 6.67. The highest BCUT2D eigenvalue weighted by Gasteiger charge is 2.29. The van der Waals surface area contributed by atoms with Crippen molar-refractivity contribution in [2.75, 3.05) is 27.2 Å². The quantitative estimate of drug-likeness (QED) is 0.746. The van der Waals surface area contributed by atoms with E-state index in [1.807, 2.05) is 48.7 Å². The van der Waals surface area contributed by atoms with E-state index in [4.69, 9.17) is 13.8 Å². The summed E-state index contributed by atoms with van der Waals surface area (Å²) >= 11 is 0. The van der Waals surface area contributed by atoms with Crippen molar-refractivity contribution in [3.05, 3.63) is 0 Å². The second-order valence-electron chi connectivity index (χ2n) is 6.24. The molecule has 112 valence electrons. The van der Waals surface area contributed by atoms with E-state index in [0.29, 0.717) is 0 Å². The molecule has 1 atom stereocenters. The highest BCUT2D eigenvalue weighted by Crippen LogP contribution is 2.54. The third kappa shape index (κ3) is 5.17. The molecule has 5 nitrogen and oxygen atoms in total. The van der Waals surface area contributed by atoms with Crippen LogP contribution in [0, 0.1) is 0 Å². The molecule has 0 aromatic heterocycles. The van der Waals surface area contributed by atoms with Crippen LogP contribution >= 0.6 is 7.49 Å². The van der Waals surface area contributed by atoms with Gasteiger partial charge in [0.1, 0.15) is 0 Å². The van der Waals surface area contributed by atoms with Crippen LogP contribution in [0.25, 0.3) is 0 Å². The Labute approximate surface area is 117 Å². The highest BCUT2D eigenvalue weighted by atomic mass is 31.2. The summed E-state index contributed by atoms with van der Waals surface area (Å²) in [6.07, 6.45) is 4.19. The monoisotopic (exact) mass is 289 g/mol. The molecule has 0 aromatic rings. The molecule has 1 aliphatic heterocycles. The van der Waals surface area contributed by atoms with Gasteiger partial charge in [0.2, 0.25) is 13.5 Å². The Morgan fingerprint density at radius 2 is 1.68 bits per heavy atom. The maximum Gasteiger partial charge on any atom is 0.237 e. The zero-order valence-corrected chi connectivity index (χ0v) is 14.2. The summed E-state index contributed by atoms with van der Waals surface area (Å²) in [5.41, 5.74) is -0.329. The van der Waals surface area contributed by atoms with Crippen molar-refractivity contribution >= 4 is 19.7 Å². The second-order valence-corrected chi connectivity index (χ2v) is 8.11. The van der Waals surface area contributed by atoms with Gasteiger partial charge < -0.3 is 18.8 Å². The smallest absolute Gasteiger partial charge is 0.237 e. The van der Waals surface area contributed by atoms with E-state index >= 15 is 0 Å². The molecule has 6 heteroatoms. The summed E-state index contributed by atoms with van der Waals surface area (Å²) in [6.45, 7) is 11.9. The number of rotatable bonds is 4. The molecule has 1 unspecified atom stereocenters. The topological polar surface area (TPSA) is 37.3 Å². The first-order chi connectivity index (χ1) is 8.52. The minimum Gasteiger partial charge on any atom is -0.344 e. The molecular weight excluding hydrogens is 261 g/mol. The zero-order valence-electron chi connectivity index (χ0n) is 13.3. The molecule has 0 amide bonds. The van der Waals surface area contributed by atoms with Crippen LogP contribution in [0.2, 0.25) is 0 Å². The Kier molecular flexibility index (Phi) is 5.10. The molecule has 0 saturated carbocycles. The van der Waals surface area contributed by atoms with E-state index in [9.17, 15) is 0 Å². The van der Waals surface area contributed by atoms with Crippen molar-refractivity contribution in [1.29, 1.82) is 0 Å². The fraction of sp³-hybridized carbons (Fsp3) is 0.846. The third-order valence-corrected chi connectivity index (χ3v) is 4.56. The molecular formula is C13H28N3O2P. The maximum absolute atomic E-state index is 6.03. The number of hydrogen-bond donors (Lipinski definition) is 0. The van der Waals surface area contributed by atoms with Crippen molar-refractivity contribution in [3.8, 4) is 0 Å². The van der Waals surface area contributed by atoms with Gasteiger partial charge in [0.15, 0.2) is 0 Å². The van der Waals surface area contributed by atoms with Crippen LogP contribution in [-0.2, 0) is 9.05 Å². The molecule has 1 rings (SSSR count). The average Bonchev–Trinajstić information content (AvgIpc) is 2.44. The summed E-state index contributed by atoms with van der Waals surface area (Å²) < 4.78 is 16.7. The van der Waals surface area contributed by atoms with Gasteiger partial charge in [-0.2, -0.15) is 4.76 Å². The highest BCUT2D eigenvalue weighted by molar-refractivity contribution is 7.63. The van der Waals surface area contributed by atoms with Crippen LogP contribution in [-0.4, -0.2) is 60.9 Å². The Morgan fingerprint density at radius 1 is 1.21 bits per heavy atom. The molecule has 1 saturated heterocycles. The van der Waals surface area contributed by atoms with Crippen LogP contribution in [0.5, 0.6) is 0 Å². The van der Waals surface area contributed by atoms with E-state index in [1.165, 1.54) is 0 Å². The lowest BCUT2D eigenvalue weighted by atomic mass is 10.2. The van der Waals surface area contributed by atoms with E-state index < -0.39 is 7.49 Å². The predicted molar refractivity (Wildman–Crippen MR) is 83.8 cm³/mol. The Morgan fingerprint density at radius 3 is 2.05 bits per heavy atom. The van der Waals surface area contributed by atoms with Crippen LogP contribution in [0.3, 0.4) is 0 Å². The lowest BCUT2D eigenvalue weighted by Gasteiger charge is -2.31. The zero-order chi connectivity index (χ0) is 14.8. The summed E-state index contributed by atoms with van der Waals surface area (Å²) in [4.78, 5) is 4.21. The van der Waals surface area contributed by atoms with Crippen LogP contribution < -0.4 is 0 Å². The Bertz CT molecular complexity index is 376. The van der Waals surface area contributed by atoms with E-state index in [1.54, 1.807) is 0 Å². The fourth-order valence-electron chi connectivity index (χ4n) is 1.90. The molecule has 19 heavy (non-hydrogen) atoms. The normalized spacial score (nSPS) is 20.1. The van der Waals surface area contributed by atoms with Crippen LogP contribution in [0.4, 0.5) is 0 Å². The summed E-state index contributed by atoms with van der Waals surface area (Å²) in [6, 6.07) is 0. The van der Waals surface area contributed by atoms with Gasteiger partial charge in [0, 0.05) is 27.2 Å². The number of nitrogens with zero attached hydrogens (tertiary/aromatic N) is 3. The van der Waals surface area contributed by atoms with Gasteiger partial charge in [-0.1, -0.05) is 0 Å². The minimum absolute atomic E-state index is 0.0366. The summed E-state index contributed by atoms with van der Waals surface area (Å²) in [5.74, 6) is 0.897. The van der Waals surface area contributed by atoms with Crippen molar-refractivity contribution in [2.45, 2.75) is 46.3 Å². The van der Waals surface area contributed by atoms with Crippen molar-refractivity contribution in [1.82, 2.24) is 9.80 Å². The van der Waals surface area contributed by atoms with E-state index in [-0.39, 0.29) is 11.7 Å². The number of guanidine groups is 1. The van der Waals surface area contributed by atoms with Gasteiger partial charge in [-0.3, -0.25) is 0 Å². The Hall–Kier alpha value is -0.510. The van der Waals surface area contributed by atoms with E-state index in [2.05, 4.69) is 16.1 Å². The summed E-state index contributed by atoms with van der Waals surface area (Å²) in [5, 5.41) is 0. The Balaban J connectivity index is 3.04. The van der Waals surface area contributed by atoms with Gasteiger partial charge in [-0.15, -0.1) is 0 Å². The van der Waals surface area contributed by atoms with Crippen LogP contribution in [0.15, 0.2) is 4.76 Å². The first-order valence-corrected chi connectivity index (χ1v) is 8.44. The lowest BCUT2D eigenvalue weighted by molar-refractivity contribution is 0.105. The minimum atomic E-state index is -2.52. The lowest BCUT2D eigenvalue weighted by Crippen LogP contribution is -2.29. The first kappa shape index (κ1) is 16.5. The molecule has 1 fully saturated rings. The van der Waals surface area contributed by atoms with E-state index in [0.717, 1.165) is 19.0 Å². The van der Waals surface area contributed by atoms with Crippen molar-refractivity contribution < 1.29 is 9.05 Å². The average molecular weight is 289 g/mol. The second kappa shape index (κ2) is 5.86. The summed E-state index contributed by atoms with van der Waals surface area (Å²) in [7, 11) is 1.54. The molecule has 0 bridgehead atoms. The van der Waals surface area contributed by atoms with Gasteiger partial charge in [0.25, 0.3) is 0 Å². The van der Waals surface area contributed by atoms with Gasteiger partial charge >= 0.3 is 0 Å². The van der Waals surface area contributed by atoms with Gasteiger partial charge in [-0.05, 0) is 40.9 Å². The molecule has 0 spiro atoms. The molecule has 0 N–H and O–H groups in total. The fourth-order valence-corrected chi connectivity index (χ4v) is 4.13. The van der Waals surface area contributed by atoms with Crippen molar-refractivity contribution in [3.63, 3.8) is 0 Å². The van der Waals surface area contributed by atoms with Crippen molar-refractivity contribution in [2.24, 2.45) is 4.76 Å². The SMILES string of the molecule is C=P(N=C1N(C)CCN1C)(OC(C)C)OC(C)(C)C. The molecule has 0 radical (unpaired) electrons. The maximum atomic E-state index is 6.03. The molecule has 1 heterocycles. The van der Waals surface area contributed by atoms with Gasteiger partial charge in [-0.25, -0.2) is 0 Å². The van der Waals surface area contributed by atoms with Crippen LogP contribution in [0.1, 0.15) is 34.6 Å². The molecule has 0 aromatic carbocycles. The number of hydrogen-bond acceptors (Lipinski definition) is 3. The van der Waals surface area contributed by atoms with Gasteiger partial charge in [0.05, 0.1) is 11.7 Å². The third-order valence-electron chi connectivity index (χ3n) is 2.49.